The van der Waals surface area contributed by atoms with Crippen LogP contribution in [0, 0.1) is 0 Å². The molecule has 1 heterocycles. The lowest BCUT2D eigenvalue weighted by molar-refractivity contribution is 0.380. The highest BCUT2D eigenvalue weighted by Crippen LogP contribution is 2.32. The highest BCUT2D eigenvalue weighted by Gasteiger charge is 2.21. The standard InChI is InChI=1S/C10H9Br2N3O3S/c11-8-3-6(13)4-9(12)10(8)19(16,17)15-5-7-1-2-14-18-7/h1-4,15H,5,13H2. The Kier molecular flexibility index (Phi) is 4.29. The van der Waals surface area contributed by atoms with Crippen molar-refractivity contribution in [3.63, 3.8) is 0 Å². The first kappa shape index (κ1) is 14.5. The largest absolute Gasteiger partial charge is 0.399 e. The average Bonchev–Trinajstić information content (AvgIpc) is 2.77. The molecule has 2 aromatic rings. The summed E-state index contributed by atoms with van der Waals surface area (Å²) in [5.74, 6) is 0.422. The first-order valence-corrected chi connectivity index (χ1v) is 8.11. The summed E-state index contributed by atoms with van der Waals surface area (Å²) in [4.78, 5) is 0.0845. The molecule has 0 amide bonds. The fourth-order valence-electron chi connectivity index (χ4n) is 1.41. The maximum atomic E-state index is 12.2. The van der Waals surface area contributed by atoms with Gasteiger partial charge in [0.15, 0.2) is 5.76 Å². The van der Waals surface area contributed by atoms with Gasteiger partial charge in [-0.25, -0.2) is 13.1 Å². The van der Waals surface area contributed by atoms with Gasteiger partial charge in [-0.1, -0.05) is 5.16 Å². The molecule has 9 heteroatoms. The summed E-state index contributed by atoms with van der Waals surface area (Å²) in [6, 6.07) is 4.62. The van der Waals surface area contributed by atoms with E-state index in [9.17, 15) is 8.42 Å². The third kappa shape index (κ3) is 3.35. The lowest BCUT2D eigenvalue weighted by Crippen LogP contribution is -2.24. The van der Waals surface area contributed by atoms with Crippen LogP contribution in [0.5, 0.6) is 0 Å². The number of aromatic nitrogens is 1. The molecule has 0 saturated heterocycles. The van der Waals surface area contributed by atoms with Crippen LogP contribution in [0.4, 0.5) is 5.69 Å². The van der Waals surface area contributed by atoms with Gasteiger partial charge in [-0.15, -0.1) is 0 Å². The van der Waals surface area contributed by atoms with Crippen LogP contribution < -0.4 is 10.5 Å². The van der Waals surface area contributed by atoms with Crippen molar-refractivity contribution in [3.8, 4) is 0 Å². The minimum absolute atomic E-state index is 0.0194. The molecule has 102 valence electrons. The second kappa shape index (κ2) is 5.61. The van der Waals surface area contributed by atoms with E-state index in [-0.39, 0.29) is 11.4 Å². The molecule has 0 unspecified atom stereocenters. The molecule has 1 aromatic heterocycles. The monoisotopic (exact) mass is 409 g/mol. The van der Waals surface area contributed by atoms with E-state index in [1.54, 1.807) is 6.07 Å². The zero-order chi connectivity index (χ0) is 14.0. The number of hydrogen-bond donors (Lipinski definition) is 2. The molecule has 3 N–H and O–H groups in total. The fraction of sp³-hybridized carbons (Fsp3) is 0.100. The number of hydrogen-bond acceptors (Lipinski definition) is 5. The van der Waals surface area contributed by atoms with E-state index >= 15 is 0 Å². The van der Waals surface area contributed by atoms with Crippen molar-refractivity contribution in [1.82, 2.24) is 9.88 Å². The van der Waals surface area contributed by atoms with Gasteiger partial charge in [0, 0.05) is 20.7 Å². The van der Waals surface area contributed by atoms with Crippen LogP contribution in [0.25, 0.3) is 0 Å². The number of halogens is 2. The molecule has 6 nitrogen and oxygen atoms in total. The molecule has 0 saturated carbocycles. The lowest BCUT2D eigenvalue weighted by Gasteiger charge is -2.10. The summed E-state index contributed by atoms with van der Waals surface area (Å²) < 4.78 is 32.4. The highest BCUT2D eigenvalue weighted by molar-refractivity contribution is 9.11. The number of nitrogen functional groups attached to an aromatic ring is 1. The zero-order valence-electron chi connectivity index (χ0n) is 9.43. The van der Waals surface area contributed by atoms with Crippen LogP contribution in [-0.2, 0) is 16.6 Å². The quantitative estimate of drug-likeness (QED) is 0.753. The van der Waals surface area contributed by atoms with Gasteiger partial charge in [-0.2, -0.15) is 0 Å². The van der Waals surface area contributed by atoms with Gasteiger partial charge in [0.2, 0.25) is 10.0 Å². The predicted molar refractivity (Wildman–Crippen MR) is 76.8 cm³/mol. The third-order valence-electron chi connectivity index (χ3n) is 2.22. The molecular formula is C10H9Br2N3O3S. The molecule has 0 radical (unpaired) electrons. The Hall–Kier alpha value is -0.900. The van der Waals surface area contributed by atoms with Crippen LogP contribution in [0.1, 0.15) is 5.76 Å². The fourth-order valence-corrected chi connectivity index (χ4v) is 5.02. The minimum Gasteiger partial charge on any atom is -0.399 e. The topological polar surface area (TPSA) is 98.2 Å². The summed E-state index contributed by atoms with van der Waals surface area (Å²) in [5.41, 5.74) is 6.08. The van der Waals surface area contributed by atoms with Gasteiger partial charge in [0.25, 0.3) is 0 Å². The normalized spacial score (nSPS) is 11.7. The van der Waals surface area contributed by atoms with E-state index in [2.05, 4.69) is 41.7 Å². The Morgan fingerprint density at radius 3 is 2.47 bits per heavy atom. The van der Waals surface area contributed by atoms with Crippen LogP contribution >= 0.6 is 31.9 Å². The first-order valence-electron chi connectivity index (χ1n) is 5.04. The van der Waals surface area contributed by atoms with Crippen LogP contribution in [0.15, 0.2) is 42.8 Å². The van der Waals surface area contributed by atoms with E-state index in [0.717, 1.165) is 0 Å². The number of sulfonamides is 1. The predicted octanol–water partition coefficient (Wildman–Crippen LogP) is 2.26. The average molecular weight is 411 g/mol. The van der Waals surface area contributed by atoms with Gasteiger partial charge >= 0.3 is 0 Å². The van der Waals surface area contributed by atoms with Crippen LogP contribution in [-0.4, -0.2) is 13.6 Å². The molecule has 0 bridgehead atoms. The zero-order valence-corrected chi connectivity index (χ0v) is 13.4. The van der Waals surface area contributed by atoms with Gasteiger partial charge in [-0.05, 0) is 44.0 Å². The SMILES string of the molecule is Nc1cc(Br)c(S(=O)(=O)NCc2ccno2)c(Br)c1. The summed E-state index contributed by atoms with van der Waals surface area (Å²) in [6.45, 7) is 0.0194. The molecular weight excluding hydrogens is 402 g/mol. The van der Waals surface area contributed by atoms with Crippen molar-refractivity contribution in [3.05, 3.63) is 39.1 Å². The highest BCUT2D eigenvalue weighted by atomic mass is 79.9. The number of benzene rings is 1. The van der Waals surface area contributed by atoms with Crippen molar-refractivity contribution in [2.24, 2.45) is 0 Å². The maximum Gasteiger partial charge on any atom is 0.243 e. The van der Waals surface area contributed by atoms with Crippen molar-refractivity contribution in [1.29, 1.82) is 0 Å². The van der Waals surface area contributed by atoms with Gasteiger partial charge < -0.3 is 10.3 Å². The number of rotatable bonds is 4. The molecule has 0 aliphatic heterocycles. The molecule has 19 heavy (non-hydrogen) atoms. The first-order chi connectivity index (χ1) is 8.90. The van der Waals surface area contributed by atoms with E-state index in [1.165, 1.54) is 18.3 Å². The molecule has 0 aliphatic carbocycles. The van der Waals surface area contributed by atoms with Crippen molar-refractivity contribution >= 4 is 47.6 Å². The van der Waals surface area contributed by atoms with Crippen LogP contribution in [0.3, 0.4) is 0 Å². The molecule has 0 spiro atoms. The van der Waals surface area contributed by atoms with Gasteiger partial charge in [0.1, 0.15) is 4.90 Å². The smallest absolute Gasteiger partial charge is 0.243 e. The Bertz CT molecular complexity index is 663. The molecule has 2 rings (SSSR count). The van der Waals surface area contributed by atoms with Gasteiger partial charge in [-0.3, -0.25) is 0 Å². The molecule has 0 atom stereocenters. The molecule has 1 aromatic carbocycles. The maximum absolute atomic E-state index is 12.2. The summed E-state index contributed by atoms with van der Waals surface area (Å²) in [6.07, 6.45) is 1.44. The third-order valence-corrected chi connectivity index (χ3v) is 5.49. The summed E-state index contributed by atoms with van der Waals surface area (Å²) >= 11 is 6.38. The molecule has 0 fully saturated rings. The Morgan fingerprint density at radius 1 is 1.32 bits per heavy atom. The van der Waals surface area contributed by atoms with Crippen molar-refractivity contribution in [2.75, 3.05) is 5.73 Å². The lowest BCUT2D eigenvalue weighted by atomic mass is 10.3. The number of anilines is 1. The molecule has 0 aliphatic rings. The van der Waals surface area contributed by atoms with Crippen LogP contribution in [0.2, 0.25) is 0 Å². The van der Waals surface area contributed by atoms with Crippen molar-refractivity contribution in [2.45, 2.75) is 11.4 Å². The minimum atomic E-state index is -3.70. The van der Waals surface area contributed by atoms with E-state index < -0.39 is 10.0 Å². The van der Waals surface area contributed by atoms with E-state index in [0.29, 0.717) is 20.4 Å². The Morgan fingerprint density at radius 2 is 1.95 bits per heavy atom. The Labute approximate surface area is 126 Å². The van der Waals surface area contributed by atoms with Gasteiger partial charge in [0.05, 0.1) is 12.7 Å². The Balaban J connectivity index is 2.29. The summed E-state index contributed by atoms with van der Waals surface area (Å²) in [7, 11) is -3.70. The van der Waals surface area contributed by atoms with Crippen molar-refractivity contribution < 1.29 is 12.9 Å². The summed E-state index contributed by atoms with van der Waals surface area (Å²) in [5, 5.41) is 3.50. The number of nitrogens with two attached hydrogens (primary N) is 1. The number of nitrogens with zero attached hydrogens (tertiary/aromatic N) is 1. The van der Waals surface area contributed by atoms with E-state index in [1.807, 2.05) is 0 Å². The number of nitrogens with one attached hydrogen (secondary N) is 1. The van der Waals surface area contributed by atoms with E-state index in [4.69, 9.17) is 10.3 Å². The second-order valence-corrected chi connectivity index (χ2v) is 7.03. The second-order valence-electron chi connectivity index (χ2n) is 3.62.